The molecule has 0 aromatic carbocycles. The zero-order valence-corrected chi connectivity index (χ0v) is 9.39. The van der Waals surface area contributed by atoms with Gasteiger partial charge in [-0.2, -0.15) is 0 Å². The first kappa shape index (κ1) is 18.0. The average Bonchev–Trinajstić information content (AvgIpc) is 1.87. The zero-order valence-electron chi connectivity index (χ0n) is 7.76. The molecule has 0 unspecified atom stereocenters. The van der Waals surface area contributed by atoms with Gasteiger partial charge in [-0.25, -0.2) is 0 Å². The van der Waals surface area contributed by atoms with Gasteiger partial charge in [0.05, 0.1) is 0 Å². The third-order valence-electron chi connectivity index (χ3n) is 1.40. The lowest BCUT2D eigenvalue weighted by Gasteiger charge is -1.99. The largest absolute Gasteiger partial charge is 0.356 e. The normalized spacial score (nSPS) is 7.83. The van der Waals surface area contributed by atoms with E-state index in [0.717, 1.165) is 13.0 Å². The van der Waals surface area contributed by atoms with Crippen LogP contribution >= 0.6 is 24.8 Å². The van der Waals surface area contributed by atoms with E-state index < -0.39 is 0 Å². The first-order valence-corrected chi connectivity index (χ1v) is 4.01. The molecule has 0 radical (unpaired) electrons. The molecule has 0 aromatic heterocycles. The molecule has 1 N–H and O–H groups in total. The van der Waals surface area contributed by atoms with Gasteiger partial charge in [0.15, 0.2) is 0 Å². The third kappa shape index (κ3) is 16.6. The fourth-order valence-corrected chi connectivity index (χ4v) is 0.816. The first-order chi connectivity index (χ1) is 4.77. The second-order valence-corrected chi connectivity index (χ2v) is 2.54. The molecular formula is C8H19Cl2NO. The SMILES string of the molecule is CCCCCCNC(C)=O.Cl.Cl. The van der Waals surface area contributed by atoms with Crippen LogP contribution in [0.5, 0.6) is 0 Å². The Morgan fingerprint density at radius 2 is 1.75 bits per heavy atom. The summed E-state index contributed by atoms with van der Waals surface area (Å²) in [6.45, 7) is 4.58. The quantitative estimate of drug-likeness (QED) is 0.703. The minimum Gasteiger partial charge on any atom is -0.356 e. The second-order valence-electron chi connectivity index (χ2n) is 2.54. The Morgan fingerprint density at radius 1 is 1.17 bits per heavy atom. The van der Waals surface area contributed by atoms with Gasteiger partial charge in [-0.1, -0.05) is 26.2 Å². The summed E-state index contributed by atoms with van der Waals surface area (Å²) in [7, 11) is 0. The van der Waals surface area contributed by atoms with Crippen LogP contribution in [-0.4, -0.2) is 12.5 Å². The molecule has 76 valence electrons. The Kier molecular flexibility index (Phi) is 20.4. The molecule has 0 fully saturated rings. The Labute approximate surface area is 87.3 Å². The molecule has 0 bridgehead atoms. The topological polar surface area (TPSA) is 29.1 Å². The molecule has 1 amide bonds. The molecule has 0 saturated carbocycles. The summed E-state index contributed by atoms with van der Waals surface area (Å²) in [5.41, 5.74) is 0. The summed E-state index contributed by atoms with van der Waals surface area (Å²) in [5.74, 6) is 0.0801. The number of amides is 1. The summed E-state index contributed by atoms with van der Waals surface area (Å²) >= 11 is 0. The van der Waals surface area contributed by atoms with E-state index in [4.69, 9.17) is 0 Å². The molecule has 0 aliphatic heterocycles. The van der Waals surface area contributed by atoms with Crippen LogP contribution in [0.4, 0.5) is 0 Å². The predicted octanol–water partition coefficient (Wildman–Crippen LogP) is 2.55. The molecule has 0 aliphatic rings. The van der Waals surface area contributed by atoms with Crippen LogP contribution < -0.4 is 5.32 Å². The highest BCUT2D eigenvalue weighted by Gasteiger charge is 1.89. The minimum atomic E-state index is 0. The summed E-state index contributed by atoms with van der Waals surface area (Å²) in [4.78, 5) is 10.4. The van der Waals surface area contributed by atoms with Crippen molar-refractivity contribution in [2.45, 2.75) is 39.5 Å². The van der Waals surface area contributed by atoms with E-state index >= 15 is 0 Å². The molecule has 0 spiro atoms. The monoisotopic (exact) mass is 215 g/mol. The average molecular weight is 216 g/mol. The molecule has 0 saturated heterocycles. The molecule has 0 aliphatic carbocycles. The first-order valence-electron chi connectivity index (χ1n) is 4.01. The molecular weight excluding hydrogens is 197 g/mol. The van der Waals surface area contributed by atoms with Crippen molar-refractivity contribution in [3.8, 4) is 0 Å². The van der Waals surface area contributed by atoms with E-state index in [1.807, 2.05) is 0 Å². The lowest BCUT2D eigenvalue weighted by molar-refractivity contribution is -0.118. The van der Waals surface area contributed by atoms with E-state index in [2.05, 4.69) is 12.2 Å². The van der Waals surface area contributed by atoms with Crippen LogP contribution in [0.15, 0.2) is 0 Å². The summed E-state index contributed by atoms with van der Waals surface area (Å²) in [6, 6.07) is 0. The molecule has 0 heterocycles. The van der Waals surface area contributed by atoms with Crippen molar-refractivity contribution in [1.29, 1.82) is 0 Å². The second kappa shape index (κ2) is 13.6. The van der Waals surface area contributed by atoms with Gasteiger partial charge >= 0.3 is 0 Å². The van der Waals surface area contributed by atoms with Crippen molar-refractivity contribution in [3.63, 3.8) is 0 Å². The summed E-state index contributed by atoms with van der Waals surface area (Å²) < 4.78 is 0. The molecule has 0 rings (SSSR count). The van der Waals surface area contributed by atoms with Crippen LogP contribution in [0.25, 0.3) is 0 Å². The van der Waals surface area contributed by atoms with Gasteiger partial charge in [0.25, 0.3) is 0 Å². The summed E-state index contributed by atoms with van der Waals surface area (Å²) in [5, 5.41) is 2.77. The van der Waals surface area contributed by atoms with Gasteiger partial charge in [0, 0.05) is 13.5 Å². The fraction of sp³-hybridized carbons (Fsp3) is 0.875. The predicted molar refractivity (Wildman–Crippen MR) is 57.3 cm³/mol. The fourth-order valence-electron chi connectivity index (χ4n) is 0.816. The highest BCUT2D eigenvalue weighted by atomic mass is 35.5. The Bertz CT molecular complexity index is 99.1. The number of carbonyl (C=O) groups excluding carboxylic acids is 1. The number of unbranched alkanes of at least 4 members (excludes halogenated alkanes) is 3. The van der Waals surface area contributed by atoms with Crippen LogP contribution in [0.2, 0.25) is 0 Å². The van der Waals surface area contributed by atoms with Crippen molar-refractivity contribution in [2.24, 2.45) is 0 Å². The highest BCUT2D eigenvalue weighted by molar-refractivity contribution is 5.85. The van der Waals surface area contributed by atoms with Crippen molar-refractivity contribution in [3.05, 3.63) is 0 Å². The number of nitrogens with one attached hydrogen (secondary N) is 1. The van der Waals surface area contributed by atoms with Crippen molar-refractivity contribution >= 4 is 30.7 Å². The Morgan fingerprint density at radius 3 is 2.17 bits per heavy atom. The van der Waals surface area contributed by atoms with Crippen LogP contribution in [0.3, 0.4) is 0 Å². The van der Waals surface area contributed by atoms with Gasteiger partial charge in [-0.3, -0.25) is 4.79 Å². The maximum Gasteiger partial charge on any atom is 0.216 e. The zero-order chi connectivity index (χ0) is 7.82. The maximum absolute atomic E-state index is 10.4. The highest BCUT2D eigenvalue weighted by Crippen LogP contribution is 1.96. The number of halogens is 2. The van der Waals surface area contributed by atoms with Gasteiger partial charge in [-0.15, -0.1) is 24.8 Å². The molecule has 12 heavy (non-hydrogen) atoms. The van der Waals surface area contributed by atoms with E-state index in [1.54, 1.807) is 6.92 Å². The number of carbonyl (C=O) groups is 1. The Hall–Kier alpha value is 0.0500. The molecule has 4 heteroatoms. The van der Waals surface area contributed by atoms with Crippen LogP contribution in [0.1, 0.15) is 39.5 Å². The summed E-state index contributed by atoms with van der Waals surface area (Å²) in [6.07, 6.45) is 4.88. The van der Waals surface area contributed by atoms with Crippen molar-refractivity contribution < 1.29 is 4.79 Å². The van der Waals surface area contributed by atoms with Crippen molar-refractivity contribution in [1.82, 2.24) is 5.32 Å². The van der Waals surface area contributed by atoms with Gasteiger partial charge in [0.2, 0.25) is 5.91 Å². The molecule has 2 nitrogen and oxygen atoms in total. The Balaban J connectivity index is -0.000000405. The van der Waals surface area contributed by atoms with E-state index in [9.17, 15) is 4.79 Å². The number of hydrogen-bond donors (Lipinski definition) is 1. The van der Waals surface area contributed by atoms with Crippen molar-refractivity contribution in [2.75, 3.05) is 6.54 Å². The van der Waals surface area contributed by atoms with E-state index in [1.165, 1.54) is 19.3 Å². The van der Waals surface area contributed by atoms with Gasteiger partial charge in [0.1, 0.15) is 0 Å². The minimum absolute atomic E-state index is 0. The maximum atomic E-state index is 10.4. The van der Waals surface area contributed by atoms with E-state index in [0.29, 0.717) is 0 Å². The van der Waals surface area contributed by atoms with E-state index in [-0.39, 0.29) is 30.7 Å². The smallest absolute Gasteiger partial charge is 0.216 e. The number of hydrogen-bond acceptors (Lipinski definition) is 1. The third-order valence-corrected chi connectivity index (χ3v) is 1.40. The molecule has 0 atom stereocenters. The lowest BCUT2D eigenvalue weighted by atomic mass is 10.2. The van der Waals surface area contributed by atoms with Crippen LogP contribution in [0, 0.1) is 0 Å². The lowest BCUT2D eigenvalue weighted by Crippen LogP contribution is -2.20. The van der Waals surface area contributed by atoms with Crippen LogP contribution in [-0.2, 0) is 4.79 Å². The standard InChI is InChI=1S/C8H17NO.2ClH/c1-3-4-5-6-7-9-8(2)10;;/h3-7H2,1-2H3,(H,9,10);2*1H. The molecule has 0 aromatic rings. The van der Waals surface area contributed by atoms with Gasteiger partial charge < -0.3 is 5.32 Å². The number of rotatable bonds is 5. The van der Waals surface area contributed by atoms with Gasteiger partial charge in [-0.05, 0) is 6.42 Å².